The van der Waals surface area contributed by atoms with Gasteiger partial charge in [-0.05, 0) is 17.7 Å². The van der Waals surface area contributed by atoms with Gasteiger partial charge in [-0.15, -0.1) is 16.7 Å². The largest absolute Gasteiger partial charge is 0.454 e. The third-order valence-corrected chi connectivity index (χ3v) is 2.69. The third kappa shape index (κ3) is 2.19. The molecule has 1 aromatic heterocycles. The number of alkyl halides is 1. The van der Waals surface area contributed by atoms with Crippen LogP contribution in [0.25, 0.3) is 0 Å². The van der Waals surface area contributed by atoms with Crippen LogP contribution >= 0.6 is 11.6 Å². The molecule has 0 spiro atoms. The topological polar surface area (TPSA) is 69.4 Å². The number of anilines is 1. The van der Waals surface area contributed by atoms with E-state index in [1.807, 2.05) is 18.2 Å². The zero-order valence-electron chi connectivity index (χ0n) is 9.35. The molecule has 0 aliphatic carbocycles. The lowest BCUT2D eigenvalue weighted by molar-refractivity contribution is 0.174. The number of hydrogen-bond donors (Lipinski definition) is 1. The van der Waals surface area contributed by atoms with E-state index in [0.29, 0.717) is 18.5 Å². The summed E-state index contributed by atoms with van der Waals surface area (Å²) in [6.45, 7) is 0.829. The highest BCUT2D eigenvalue weighted by molar-refractivity contribution is 6.16. The van der Waals surface area contributed by atoms with E-state index >= 15 is 0 Å². The van der Waals surface area contributed by atoms with Gasteiger partial charge in [0.05, 0.1) is 0 Å². The second-order valence-electron chi connectivity index (χ2n) is 3.68. The predicted molar refractivity (Wildman–Crippen MR) is 63.7 cm³/mol. The number of nitrogens with zero attached hydrogens (tertiary/aromatic N) is 2. The Labute approximate surface area is 108 Å². The summed E-state index contributed by atoms with van der Waals surface area (Å²) in [6, 6.07) is 6.08. The molecular weight excluding hydrogens is 258 g/mol. The van der Waals surface area contributed by atoms with E-state index in [2.05, 4.69) is 15.5 Å². The fourth-order valence-corrected chi connectivity index (χ4v) is 1.72. The van der Waals surface area contributed by atoms with Crippen LogP contribution in [0.4, 0.5) is 6.01 Å². The molecule has 94 valence electrons. The number of ether oxygens (including phenoxy) is 2. The Morgan fingerprint density at radius 3 is 2.94 bits per heavy atom. The van der Waals surface area contributed by atoms with Crippen molar-refractivity contribution >= 4 is 17.6 Å². The number of nitrogens with one attached hydrogen (secondary N) is 1. The summed E-state index contributed by atoms with van der Waals surface area (Å²) in [5.41, 5.74) is 1.03. The summed E-state index contributed by atoms with van der Waals surface area (Å²) in [4.78, 5) is 0. The molecule has 0 saturated heterocycles. The lowest BCUT2D eigenvalue weighted by atomic mass is 10.2. The first-order valence-electron chi connectivity index (χ1n) is 5.36. The molecule has 0 bridgehead atoms. The first-order valence-corrected chi connectivity index (χ1v) is 5.89. The Morgan fingerprint density at radius 2 is 2.11 bits per heavy atom. The van der Waals surface area contributed by atoms with E-state index in [9.17, 15) is 0 Å². The first-order chi connectivity index (χ1) is 8.85. The summed E-state index contributed by atoms with van der Waals surface area (Å²) in [6.07, 6.45) is 0. The van der Waals surface area contributed by atoms with Crippen LogP contribution in [0.15, 0.2) is 22.6 Å². The van der Waals surface area contributed by atoms with Gasteiger partial charge in [-0.1, -0.05) is 11.2 Å². The van der Waals surface area contributed by atoms with Crippen molar-refractivity contribution < 1.29 is 13.9 Å². The normalized spacial score (nSPS) is 12.7. The van der Waals surface area contributed by atoms with Crippen molar-refractivity contribution in [3.63, 3.8) is 0 Å². The van der Waals surface area contributed by atoms with Crippen molar-refractivity contribution in [1.82, 2.24) is 10.2 Å². The summed E-state index contributed by atoms with van der Waals surface area (Å²) in [7, 11) is 0. The Kier molecular flexibility index (Phi) is 2.93. The number of aromatic nitrogens is 2. The maximum Gasteiger partial charge on any atom is 0.315 e. The van der Waals surface area contributed by atoms with Crippen LogP contribution in [0, 0.1) is 0 Å². The molecule has 1 N–H and O–H groups in total. The fourth-order valence-electron chi connectivity index (χ4n) is 1.61. The molecule has 7 heteroatoms. The van der Waals surface area contributed by atoms with Gasteiger partial charge in [0.25, 0.3) is 0 Å². The molecule has 1 aliphatic rings. The minimum absolute atomic E-state index is 0.207. The Balaban J connectivity index is 1.66. The van der Waals surface area contributed by atoms with Crippen molar-refractivity contribution in [2.75, 3.05) is 12.1 Å². The van der Waals surface area contributed by atoms with Gasteiger partial charge in [0.2, 0.25) is 12.7 Å². The third-order valence-electron chi connectivity index (χ3n) is 2.46. The highest BCUT2D eigenvalue weighted by Gasteiger charge is 2.13. The molecule has 0 saturated carbocycles. The standard InChI is InChI=1S/C11H10ClN3O3/c12-4-10-14-15-11(18-10)13-5-7-1-2-8-9(3-7)17-6-16-8/h1-3H,4-6H2,(H,13,15). The summed E-state index contributed by atoms with van der Waals surface area (Å²) >= 11 is 5.57. The van der Waals surface area contributed by atoms with Crippen molar-refractivity contribution in [3.05, 3.63) is 29.7 Å². The SMILES string of the molecule is ClCc1nnc(NCc2ccc3c(c2)OCO3)o1. The molecule has 1 aliphatic heterocycles. The first kappa shape index (κ1) is 11.2. The molecule has 0 radical (unpaired) electrons. The number of fused-ring (bicyclic) bond motifs is 1. The van der Waals surface area contributed by atoms with Crippen LogP contribution in [0.3, 0.4) is 0 Å². The minimum Gasteiger partial charge on any atom is -0.454 e. The lowest BCUT2D eigenvalue weighted by Crippen LogP contribution is -1.99. The maximum absolute atomic E-state index is 5.57. The van der Waals surface area contributed by atoms with Gasteiger partial charge >= 0.3 is 6.01 Å². The number of rotatable bonds is 4. The molecule has 0 atom stereocenters. The van der Waals surface area contributed by atoms with Crippen molar-refractivity contribution in [2.45, 2.75) is 12.4 Å². The second-order valence-corrected chi connectivity index (χ2v) is 3.94. The van der Waals surface area contributed by atoms with Crippen LogP contribution in [-0.4, -0.2) is 17.0 Å². The quantitative estimate of drug-likeness (QED) is 0.856. The fraction of sp³-hybridized carbons (Fsp3) is 0.273. The molecule has 18 heavy (non-hydrogen) atoms. The van der Waals surface area contributed by atoms with Crippen molar-refractivity contribution in [1.29, 1.82) is 0 Å². The van der Waals surface area contributed by atoms with E-state index in [4.69, 9.17) is 25.5 Å². The van der Waals surface area contributed by atoms with Gasteiger partial charge in [-0.2, -0.15) is 0 Å². The van der Waals surface area contributed by atoms with E-state index in [1.54, 1.807) is 0 Å². The second kappa shape index (κ2) is 4.73. The smallest absolute Gasteiger partial charge is 0.315 e. The van der Waals surface area contributed by atoms with Crippen LogP contribution < -0.4 is 14.8 Å². The monoisotopic (exact) mass is 267 g/mol. The van der Waals surface area contributed by atoms with Crippen molar-refractivity contribution in [2.24, 2.45) is 0 Å². The minimum atomic E-state index is 0.207. The molecule has 0 unspecified atom stereocenters. The van der Waals surface area contributed by atoms with Gasteiger partial charge < -0.3 is 19.2 Å². The van der Waals surface area contributed by atoms with Crippen LogP contribution in [0.2, 0.25) is 0 Å². The molecule has 6 nitrogen and oxygen atoms in total. The highest BCUT2D eigenvalue weighted by Crippen LogP contribution is 2.32. The zero-order chi connectivity index (χ0) is 12.4. The van der Waals surface area contributed by atoms with Crippen LogP contribution in [-0.2, 0) is 12.4 Å². The van der Waals surface area contributed by atoms with Crippen LogP contribution in [0.1, 0.15) is 11.5 Å². The highest BCUT2D eigenvalue weighted by atomic mass is 35.5. The van der Waals surface area contributed by atoms with E-state index in [1.165, 1.54) is 0 Å². The molecule has 2 heterocycles. The molecule has 0 fully saturated rings. The Hall–Kier alpha value is -1.95. The number of halogens is 1. The summed E-state index contributed by atoms with van der Waals surface area (Å²) < 4.78 is 15.8. The molecule has 3 rings (SSSR count). The van der Waals surface area contributed by atoms with Gasteiger partial charge in [-0.25, -0.2) is 0 Å². The number of benzene rings is 1. The average Bonchev–Trinajstić information content (AvgIpc) is 3.04. The van der Waals surface area contributed by atoms with Gasteiger partial charge in [0.1, 0.15) is 5.88 Å². The molecule has 2 aromatic rings. The Bertz CT molecular complexity index is 558. The number of hydrogen-bond acceptors (Lipinski definition) is 6. The summed E-state index contributed by atoms with van der Waals surface area (Å²) in [5.74, 6) is 2.12. The van der Waals surface area contributed by atoms with Gasteiger partial charge in [0, 0.05) is 6.54 Å². The Morgan fingerprint density at radius 1 is 1.22 bits per heavy atom. The van der Waals surface area contributed by atoms with Gasteiger partial charge in [-0.3, -0.25) is 0 Å². The summed E-state index contributed by atoms with van der Waals surface area (Å²) in [5, 5.41) is 10.6. The average molecular weight is 268 g/mol. The molecule has 0 amide bonds. The van der Waals surface area contributed by atoms with E-state index in [-0.39, 0.29) is 12.7 Å². The van der Waals surface area contributed by atoms with E-state index < -0.39 is 0 Å². The molecular formula is C11H10ClN3O3. The molecule has 1 aromatic carbocycles. The van der Waals surface area contributed by atoms with Gasteiger partial charge in [0.15, 0.2) is 11.5 Å². The lowest BCUT2D eigenvalue weighted by Gasteiger charge is -2.03. The van der Waals surface area contributed by atoms with E-state index in [0.717, 1.165) is 17.1 Å². The van der Waals surface area contributed by atoms with Crippen molar-refractivity contribution in [3.8, 4) is 11.5 Å². The predicted octanol–water partition coefficient (Wildman–Crippen LogP) is 2.15. The maximum atomic E-state index is 5.57. The van der Waals surface area contributed by atoms with Crippen LogP contribution in [0.5, 0.6) is 11.5 Å². The zero-order valence-corrected chi connectivity index (χ0v) is 10.1.